The van der Waals surface area contributed by atoms with Crippen LogP contribution in [-0.2, 0) is 16.4 Å². The molecule has 0 atom stereocenters. The molecular formula is C14H23ClN2O3S. The molecule has 1 rings (SSSR count). The van der Waals surface area contributed by atoms with Gasteiger partial charge in [0.2, 0.25) is 0 Å². The average molecular weight is 335 g/mol. The summed E-state index contributed by atoms with van der Waals surface area (Å²) in [7, 11) is -3.22. The lowest BCUT2D eigenvalue weighted by molar-refractivity contribution is 0.0956. The lowest BCUT2D eigenvalue weighted by atomic mass is 10.1. The third-order valence-electron chi connectivity index (χ3n) is 3.04. The van der Waals surface area contributed by atoms with Crippen LogP contribution >= 0.6 is 12.4 Å². The monoisotopic (exact) mass is 334 g/mol. The van der Waals surface area contributed by atoms with E-state index in [9.17, 15) is 13.2 Å². The van der Waals surface area contributed by atoms with Gasteiger partial charge in [-0.1, -0.05) is 12.1 Å². The zero-order valence-corrected chi connectivity index (χ0v) is 14.2. The first-order chi connectivity index (χ1) is 9.17. The van der Waals surface area contributed by atoms with Crippen molar-refractivity contribution in [3.63, 3.8) is 0 Å². The van der Waals surface area contributed by atoms with Gasteiger partial charge in [-0.25, -0.2) is 8.42 Å². The molecule has 1 amide bonds. The summed E-state index contributed by atoms with van der Waals surface area (Å²) in [6, 6.07) is 6.91. The lowest BCUT2D eigenvalue weighted by Crippen LogP contribution is -2.36. The van der Waals surface area contributed by atoms with E-state index in [0.717, 1.165) is 5.56 Å². The summed E-state index contributed by atoms with van der Waals surface area (Å²) in [5.41, 5.74) is 6.91. The van der Waals surface area contributed by atoms with Crippen LogP contribution in [0.5, 0.6) is 0 Å². The Morgan fingerprint density at radius 1 is 1.19 bits per heavy atom. The van der Waals surface area contributed by atoms with Crippen LogP contribution in [0.4, 0.5) is 0 Å². The maximum absolute atomic E-state index is 11.9. The van der Waals surface area contributed by atoms with Gasteiger partial charge in [0.05, 0.1) is 10.5 Å². The molecule has 0 radical (unpaired) electrons. The van der Waals surface area contributed by atoms with Crippen molar-refractivity contribution in [3.05, 3.63) is 35.4 Å². The molecule has 120 valence electrons. The van der Waals surface area contributed by atoms with E-state index in [1.54, 1.807) is 45.0 Å². The lowest BCUT2D eigenvalue weighted by Gasteiger charge is -2.19. The number of carbonyl (C=O) groups is 1. The fourth-order valence-electron chi connectivity index (χ4n) is 1.50. The van der Waals surface area contributed by atoms with Crippen molar-refractivity contribution in [2.45, 2.75) is 32.1 Å². The van der Waals surface area contributed by atoms with Gasteiger partial charge in [-0.05, 0) is 38.5 Å². The molecule has 0 spiro atoms. The molecule has 1 aromatic carbocycles. The van der Waals surface area contributed by atoms with Crippen LogP contribution in [0, 0.1) is 0 Å². The van der Waals surface area contributed by atoms with E-state index in [1.165, 1.54) is 0 Å². The summed E-state index contributed by atoms with van der Waals surface area (Å²) in [4.78, 5) is 11.8. The van der Waals surface area contributed by atoms with E-state index in [-0.39, 0.29) is 30.6 Å². The highest BCUT2D eigenvalue weighted by Crippen LogP contribution is 2.15. The van der Waals surface area contributed by atoms with Gasteiger partial charge >= 0.3 is 0 Å². The van der Waals surface area contributed by atoms with E-state index in [1.807, 2.05) is 0 Å². The minimum absolute atomic E-state index is 0. The molecular weight excluding hydrogens is 312 g/mol. The minimum Gasteiger partial charge on any atom is -0.351 e. The van der Waals surface area contributed by atoms with Gasteiger partial charge in [-0.15, -0.1) is 12.4 Å². The molecule has 5 nitrogen and oxygen atoms in total. The Kier molecular flexibility index (Phi) is 7.36. The van der Waals surface area contributed by atoms with Crippen molar-refractivity contribution in [3.8, 4) is 0 Å². The van der Waals surface area contributed by atoms with E-state index in [2.05, 4.69) is 5.32 Å². The van der Waals surface area contributed by atoms with Gasteiger partial charge in [-0.3, -0.25) is 4.79 Å². The molecule has 3 N–H and O–H groups in total. The third-order valence-corrected chi connectivity index (χ3v) is 5.65. The van der Waals surface area contributed by atoms with Crippen LogP contribution in [0.1, 0.15) is 36.7 Å². The van der Waals surface area contributed by atoms with Crippen molar-refractivity contribution in [1.82, 2.24) is 5.32 Å². The quantitative estimate of drug-likeness (QED) is 0.854. The molecule has 0 unspecified atom stereocenters. The second-order valence-corrected chi connectivity index (χ2v) is 8.45. The fraction of sp³-hybridized carbons (Fsp3) is 0.500. The highest BCUT2D eigenvalue weighted by Gasteiger charge is 2.28. The topological polar surface area (TPSA) is 89.3 Å². The van der Waals surface area contributed by atoms with Gasteiger partial charge in [0.15, 0.2) is 9.84 Å². The van der Waals surface area contributed by atoms with Crippen molar-refractivity contribution < 1.29 is 13.2 Å². The first-order valence-electron chi connectivity index (χ1n) is 6.47. The van der Waals surface area contributed by atoms with Gasteiger partial charge < -0.3 is 11.1 Å². The van der Waals surface area contributed by atoms with Gasteiger partial charge in [0.1, 0.15) is 0 Å². The standard InChI is InChI=1S/C14H22N2O3S.ClH/c1-14(2,3)20(18,19)9-8-16-13(17)12-6-4-11(10-15)5-7-12;/h4-7H,8-10,15H2,1-3H3,(H,16,17);1H. The maximum atomic E-state index is 11.9. The summed E-state index contributed by atoms with van der Waals surface area (Å²) < 4.78 is 23.0. The number of rotatable bonds is 5. The summed E-state index contributed by atoms with van der Waals surface area (Å²) >= 11 is 0. The Bertz CT molecular complexity index is 563. The zero-order chi connectivity index (χ0) is 15.4. The van der Waals surface area contributed by atoms with Crippen molar-refractivity contribution in [2.75, 3.05) is 12.3 Å². The number of nitrogens with one attached hydrogen (secondary N) is 1. The van der Waals surface area contributed by atoms with E-state index in [4.69, 9.17) is 5.73 Å². The number of carbonyl (C=O) groups excluding carboxylic acids is 1. The summed E-state index contributed by atoms with van der Waals surface area (Å²) in [5.74, 6) is -0.346. The number of nitrogens with two attached hydrogens (primary N) is 1. The number of hydrogen-bond acceptors (Lipinski definition) is 4. The molecule has 7 heteroatoms. The molecule has 0 aliphatic heterocycles. The molecule has 21 heavy (non-hydrogen) atoms. The van der Waals surface area contributed by atoms with E-state index < -0.39 is 14.6 Å². The van der Waals surface area contributed by atoms with E-state index in [0.29, 0.717) is 12.1 Å². The summed E-state index contributed by atoms with van der Waals surface area (Å²) in [6.45, 7) is 5.48. The average Bonchev–Trinajstić information content (AvgIpc) is 2.37. The molecule has 1 aromatic rings. The maximum Gasteiger partial charge on any atom is 0.251 e. The molecule has 0 saturated heterocycles. The minimum atomic E-state index is -3.22. The number of sulfone groups is 1. The second-order valence-electron chi connectivity index (χ2n) is 5.59. The van der Waals surface area contributed by atoms with Crippen LogP contribution < -0.4 is 11.1 Å². The molecule has 0 aliphatic rings. The number of halogens is 1. The molecule has 0 bridgehead atoms. The summed E-state index contributed by atoms with van der Waals surface area (Å²) in [6.07, 6.45) is 0. The van der Waals surface area contributed by atoms with Crippen molar-refractivity contribution in [2.24, 2.45) is 5.73 Å². The molecule has 0 saturated carbocycles. The highest BCUT2D eigenvalue weighted by atomic mass is 35.5. The molecule has 0 aromatic heterocycles. The van der Waals surface area contributed by atoms with Crippen LogP contribution in [0.25, 0.3) is 0 Å². The fourth-order valence-corrected chi connectivity index (χ4v) is 2.48. The Morgan fingerprint density at radius 2 is 1.71 bits per heavy atom. The first-order valence-corrected chi connectivity index (χ1v) is 8.12. The largest absolute Gasteiger partial charge is 0.351 e. The Labute approximate surface area is 132 Å². The highest BCUT2D eigenvalue weighted by molar-refractivity contribution is 7.92. The van der Waals surface area contributed by atoms with Crippen LogP contribution in [-0.4, -0.2) is 31.4 Å². The van der Waals surface area contributed by atoms with E-state index >= 15 is 0 Å². The third kappa shape index (κ3) is 5.65. The van der Waals surface area contributed by atoms with Crippen LogP contribution in [0.2, 0.25) is 0 Å². The van der Waals surface area contributed by atoms with Gasteiger partial charge in [0.25, 0.3) is 5.91 Å². The Balaban J connectivity index is 0.00000400. The number of hydrogen-bond donors (Lipinski definition) is 2. The SMILES string of the molecule is CC(C)(C)S(=O)(=O)CCNC(=O)c1ccc(CN)cc1.Cl. The number of amides is 1. The second kappa shape index (κ2) is 7.77. The molecule has 0 fully saturated rings. The predicted molar refractivity (Wildman–Crippen MR) is 87.5 cm³/mol. The Hall–Kier alpha value is -1.11. The molecule has 0 aliphatic carbocycles. The Morgan fingerprint density at radius 3 is 2.14 bits per heavy atom. The zero-order valence-electron chi connectivity index (χ0n) is 12.5. The summed E-state index contributed by atoms with van der Waals surface area (Å²) in [5, 5.41) is 2.62. The van der Waals surface area contributed by atoms with Gasteiger partial charge in [0, 0.05) is 18.7 Å². The normalized spacial score (nSPS) is 11.6. The van der Waals surface area contributed by atoms with Crippen molar-refractivity contribution >= 4 is 28.2 Å². The van der Waals surface area contributed by atoms with Crippen LogP contribution in [0.3, 0.4) is 0 Å². The van der Waals surface area contributed by atoms with Crippen molar-refractivity contribution in [1.29, 1.82) is 0 Å². The molecule has 0 heterocycles. The van der Waals surface area contributed by atoms with Gasteiger partial charge in [-0.2, -0.15) is 0 Å². The van der Waals surface area contributed by atoms with Crippen LogP contribution in [0.15, 0.2) is 24.3 Å². The number of benzene rings is 1. The predicted octanol–water partition coefficient (Wildman–Crippen LogP) is 1.51. The smallest absolute Gasteiger partial charge is 0.251 e. The first kappa shape index (κ1) is 19.9.